The highest BCUT2D eigenvalue weighted by molar-refractivity contribution is 4.91. The van der Waals surface area contributed by atoms with Gasteiger partial charge in [0, 0.05) is 32.4 Å². The fourth-order valence-electron chi connectivity index (χ4n) is 1.23. The summed E-state index contributed by atoms with van der Waals surface area (Å²) in [6.45, 7) is 6.54. The van der Waals surface area contributed by atoms with Crippen molar-refractivity contribution in [1.29, 1.82) is 0 Å². The molecule has 3 nitrogen and oxygen atoms in total. The number of aromatic nitrogens is 2. The first-order chi connectivity index (χ1) is 6.20. The van der Waals surface area contributed by atoms with Crippen LogP contribution in [0.15, 0.2) is 12.4 Å². The van der Waals surface area contributed by atoms with Gasteiger partial charge in [-0.1, -0.05) is 13.8 Å². The second-order valence-electron chi connectivity index (χ2n) is 3.80. The Morgan fingerprint density at radius 1 is 1.54 bits per heavy atom. The van der Waals surface area contributed by atoms with Gasteiger partial charge >= 0.3 is 0 Å². The van der Waals surface area contributed by atoms with E-state index in [0.29, 0.717) is 0 Å². The van der Waals surface area contributed by atoms with Crippen LogP contribution in [0.4, 0.5) is 0 Å². The zero-order valence-electron chi connectivity index (χ0n) is 8.75. The van der Waals surface area contributed by atoms with Gasteiger partial charge in [-0.15, -0.1) is 0 Å². The van der Waals surface area contributed by atoms with E-state index in [0.717, 1.165) is 31.3 Å². The van der Waals surface area contributed by atoms with Gasteiger partial charge in [0.2, 0.25) is 0 Å². The average molecular weight is 181 g/mol. The zero-order valence-corrected chi connectivity index (χ0v) is 8.75. The molecule has 0 atom stereocenters. The molecule has 0 aromatic carbocycles. The van der Waals surface area contributed by atoms with Crippen molar-refractivity contribution in [3.05, 3.63) is 18.2 Å². The molecule has 0 radical (unpaired) electrons. The number of nitrogens with one attached hydrogen (secondary N) is 1. The van der Waals surface area contributed by atoms with Crippen LogP contribution in [0, 0.1) is 5.92 Å². The Kier molecular flexibility index (Phi) is 3.96. The predicted molar refractivity (Wildman–Crippen MR) is 54.6 cm³/mol. The Hall–Kier alpha value is -0.830. The topological polar surface area (TPSA) is 29.9 Å². The molecular formula is C10H19N3. The SMILES string of the molecule is CC(C)CNCCc1nccn1C. The van der Waals surface area contributed by atoms with Gasteiger partial charge in [0.15, 0.2) is 0 Å². The number of rotatable bonds is 5. The van der Waals surface area contributed by atoms with Crippen LogP contribution in [0.1, 0.15) is 19.7 Å². The molecular weight excluding hydrogens is 162 g/mol. The van der Waals surface area contributed by atoms with Crippen LogP contribution < -0.4 is 5.32 Å². The van der Waals surface area contributed by atoms with Gasteiger partial charge in [-0.25, -0.2) is 4.98 Å². The van der Waals surface area contributed by atoms with Crippen molar-refractivity contribution in [2.75, 3.05) is 13.1 Å². The summed E-state index contributed by atoms with van der Waals surface area (Å²) in [5.74, 6) is 1.87. The molecule has 0 fully saturated rings. The van der Waals surface area contributed by atoms with Gasteiger partial charge in [0.25, 0.3) is 0 Å². The fourth-order valence-corrected chi connectivity index (χ4v) is 1.23. The molecule has 0 saturated carbocycles. The normalized spacial score (nSPS) is 11.1. The highest BCUT2D eigenvalue weighted by Crippen LogP contribution is 1.94. The van der Waals surface area contributed by atoms with Gasteiger partial charge in [-0.3, -0.25) is 0 Å². The van der Waals surface area contributed by atoms with Crippen LogP contribution >= 0.6 is 0 Å². The first-order valence-electron chi connectivity index (χ1n) is 4.87. The van der Waals surface area contributed by atoms with E-state index in [9.17, 15) is 0 Å². The molecule has 0 unspecified atom stereocenters. The molecule has 0 spiro atoms. The minimum atomic E-state index is 0.723. The number of hydrogen-bond acceptors (Lipinski definition) is 2. The zero-order chi connectivity index (χ0) is 9.68. The molecule has 0 aliphatic carbocycles. The molecule has 1 aromatic heterocycles. The summed E-state index contributed by atoms with van der Waals surface area (Å²) >= 11 is 0. The number of aryl methyl sites for hydroxylation is 1. The highest BCUT2D eigenvalue weighted by atomic mass is 15.0. The molecule has 0 amide bonds. The summed E-state index contributed by atoms with van der Waals surface area (Å²) in [5, 5.41) is 3.40. The molecule has 74 valence electrons. The van der Waals surface area contributed by atoms with E-state index < -0.39 is 0 Å². The lowest BCUT2D eigenvalue weighted by Crippen LogP contribution is -2.22. The van der Waals surface area contributed by atoms with Crippen LogP contribution in [-0.2, 0) is 13.5 Å². The molecule has 1 N–H and O–H groups in total. The second-order valence-corrected chi connectivity index (χ2v) is 3.80. The van der Waals surface area contributed by atoms with E-state index in [1.54, 1.807) is 0 Å². The van der Waals surface area contributed by atoms with Crippen LogP contribution in [0.2, 0.25) is 0 Å². The molecule has 0 saturated heterocycles. The summed E-state index contributed by atoms with van der Waals surface area (Å²) < 4.78 is 2.07. The Balaban J connectivity index is 2.17. The lowest BCUT2D eigenvalue weighted by Gasteiger charge is -2.06. The van der Waals surface area contributed by atoms with Crippen LogP contribution in [0.3, 0.4) is 0 Å². The quantitative estimate of drug-likeness (QED) is 0.692. The summed E-state index contributed by atoms with van der Waals surface area (Å²) in [7, 11) is 2.03. The summed E-state index contributed by atoms with van der Waals surface area (Å²) in [5.41, 5.74) is 0. The maximum absolute atomic E-state index is 4.26. The molecule has 1 aromatic rings. The van der Waals surface area contributed by atoms with Gasteiger partial charge in [0.1, 0.15) is 5.82 Å². The Morgan fingerprint density at radius 3 is 2.85 bits per heavy atom. The smallest absolute Gasteiger partial charge is 0.109 e. The molecule has 1 rings (SSSR count). The second kappa shape index (κ2) is 5.02. The van der Waals surface area contributed by atoms with Crippen LogP contribution in [0.5, 0.6) is 0 Å². The largest absolute Gasteiger partial charge is 0.338 e. The molecule has 1 heterocycles. The third-order valence-electron chi connectivity index (χ3n) is 2.00. The Labute approximate surface area is 80.2 Å². The van der Waals surface area contributed by atoms with Crippen molar-refractivity contribution in [2.24, 2.45) is 13.0 Å². The van der Waals surface area contributed by atoms with Crippen LogP contribution in [-0.4, -0.2) is 22.6 Å². The Bertz CT molecular complexity index is 240. The third-order valence-corrected chi connectivity index (χ3v) is 2.00. The van der Waals surface area contributed by atoms with E-state index in [2.05, 4.69) is 28.7 Å². The third kappa shape index (κ3) is 3.59. The van der Waals surface area contributed by atoms with Gasteiger partial charge in [-0.05, 0) is 12.5 Å². The lowest BCUT2D eigenvalue weighted by molar-refractivity contribution is 0.547. The van der Waals surface area contributed by atoms with E-state index in [1.165, 1.54) is 0 Å². The van der Waals surface area contributed by atoms with E-state index in [4.69, 9.17) is 0 Å². The van der Waals surface area contributed by atoms with Crippen molar-refractivity contribution in [2.45, 2.75) is 20.3 Å². The van der Waals surface area contributed by atoms with E-state index >= 15 is 0 Å². The fraction of sp³-hybridized carbons (Fsp3) is 0.700. The van der Waals surface area contributed by atoms with Crippen molar-refractivity contribution in [3.63, 3.8) is 0 Å². The first-order valence-corrected chi connectivity index (χ1v) is 4.87. The van der Waals surface area contributed by atoms with Gasteiger partial charge < -0.3 is 9.88 Å². The predicted octanol–water partition coefficient (Wildman–Crippen LogP) is 1.21. The van der Waals surface area contributed by atoms with Crippen molar-refractivity contribution in [3.8, 4) is 0 Å². The lowest BCUT2D eigenvalue weighted by atomic mass is 10.2. The maximum atomic E-state index is 4.26. The molecule has 0 aliphatic heterocycles. The number of hydrogen-bond donors (Lipinski definition) is 1. The minimum Gasteiger partial charge on any atom is -0.338 e. The molecule has 0 aliphatic rings. The van der Waals surface area contributed by atoms with Crippen molar-refractivity contribution < 1.29 is 0 Å². The summed E-state index contributed by atoms with van der Waals surface area (Å²) in [6.07, 6.45) is 4.84. The van der Waals surface area contributed by atoms with E-state index in [1.807, 2.05) is 19.4 Å². The van der Waals surface area contributed by atoms with Crippen molar-refractivity contribution in [1.82, 2.24) is 14.9 Å². The first kappa shape index (κ1) is 10.3. The Morgan fingerprint density at radius 2 is 2.31 bits per heavy atom. The van der Waals surface area contributed by atoms with Gasteiger partial charge in [0.05, 0.1) is 0 Å². The molecule has 0 bridgehead atoms. The highest BCUT2D eigenvalue weighted by Gasteiger charge is 1.98. The molecule has 13 heavy (non-hydrogen) atoms. The summed E-state index contributed by atoms with van der Waals surface area (Å²) in [6, 6.07) is 0. The van der Waals surface area contributed by atoms with Crippen molar-refractivity contribution >= 4 is 0 Å². The summed E-state index contributed by atoms with van der Waals surface area (Å²) in [4.78, 5) is 4.26. The monoisotopic (exact) mass is 181 g/mol. The van der Waals surface area contributed by atoms with E-state index in [-0.39, 0.29) is 0 Å². The van der Waals surface area contributed by atoms with Crippen LogP contribution in [0.25, 0.3) is 0 Å². The maximum Gasteiger partial charge on any atom is 0.109 e. The van der Waals surface area contributed by atoms with Gasteiger partial charge in [-0.2, -0.15) is 0 Å². The number of imidazole rings is 1. The minimum absolute atomic E-state index is 0.723. The standard InChI is InChI=1S/C10H19N3/c1-9(2)8-11-5-4-10-12-6-7-13(10)3/h6-7,9,11H,4-5,8H2,1-3H3. The molecule has 3 heteroatoms. The average Bonchev–Trinajstić information content (AvgIpc) is 2.45. The number of nitrogens with zero attached hydrogens (tertiary/aromatic N) is 2.